The molecule has 0 bridgehead atoms. The number of carbonyl (C=O) groups excluding carboxylic acids is 2. The Bertz CT molecular complexity index is 1400. The Balaban J connectivity index is 1.59. The van der Waals surface area contributed by atoms with Crippen molar-refractivity contribution in [1.82, 2.24) is 19.1 Å². The van der Waals surface area contributed by atoms with Crippen LogP contribution in [0, 0.1) is 6.92 Å². The fourth-order valence-corrected chi connectivity index (χ4v) is 6.88. The molecule has 0 aliphatic carbocycles. The molecule has 1 fully saturated rings. The van der Waals surface area contributed by atoms with E-state index >= 15 is 0 Å². The van der Waals surface area contributed by atoms with Gasteiger partial charge in [0.2, 0.25) is 15.9 Å². The SMILES string of the molecule is Cc1sc(CN(CCCc2ccccc2)C(=O)C(c2ccccc2)N2CCCCC2)nc1C(=O)CS(=O)(=O)N(C)C. The van der Waals surface area contributed by atoms with E-state index < -0.39 is 21.6 Å². The second-order valence-corrected chi connectivity index (χ2v) is 14.2. The van der Waals surface area contributed by atoms with E-state index in [4.69, 9.17) is 0 Å². The predicted molar refractivity (Wildman–Crippen MR) is 163 cm³/mol. The molecule has 1 aromatic heterocycles. The molecule has 8 nitrogen and oxygen atoms in total. The third kappa shape index (κ3) is 8.31. The van der Waals surface area contributed by atoms with Crippen molar-refractivity contribution in [3.8, 4) is 0 Å². The lowest BCUT2D eigenvalue weighted by Gasteiger charge is -2.37. The summed E-state index contributed by atoms with van der Waals surface area (Å²) in [6, 6.07) is 19.8. The van der Waals surface area contributed by atoms with Crippen molar-refractivity contribution in [1.29, 1.82) is 0 Å². The minimum Gasteiger partial charge on any atom is -0.334 e. The molecule has 41 heavy (non-hydrogen) atoms. The molecule has 10 heteroatoms. The molecular weight excluding hydrogens is 556 g/mol. The van der Waals surface area contributed by atoms with Crippen LogP contribution in [0.15, 0.2) is 60.7 Å². The number of rotatable bonds is 13. The number of likely N-dealkylation sites (tertiary alicyclic amines) is 1. The molecule has 3 aromatic rings. The van der Waals surface area contributed by atoms with Crippen LogP contribution in [-0.4, -0.2) is 78.7 Å². The van der Waals surface area contributed by atoms with Crippen LogP contribution in [0.5, 0.6) is 0 Å². The fourth-order valence-electron chi connectivity index (χ4n) is 5.18. The molecule has 0 radical (unpaired) electrons. The molecule has 0 spiro atoms. The van der Waals surface area contributed by atoms with Crippen molar-refractivity contribution < 1.29 is 18.0 Å². The zero-order chi connectivity index (χ0) is 29.4. The summed E-state index contributed by atoms with van der Waals surface area (Å²) in [5.41, 5.74) is 2.37. The number of benzene rings is 2. The molecule has 1 unspecified atom stereocenters. The standard InChI is InChI=1S/C31H40N4O4S2/c1-24-29(27(36)23-41(38,39)33(2)3)32-28(40-24)22-35(21-13-16-25-14-7-4-8-15-25)31(37)30(26-17-9-5-10-18-26)34-19-11-6-12-20-34/h4-5,7-10,14-15,17-18,30H,6,11-13,16,19-23H2,1-3H3. The van der Waals surface area contributed by atoms with E-state index in [1.165, 1.54) is 37.4 Å². The van der Waals surface area contributed by atoms with Gasteiger partial charge in [0, 0.05) is 25.5 Å². The topological polar surface area (TPSA) is 90.9 Å². The molecule has 4 rings (SSSR count). The number of hydrogen-bond donors (Lipinski definition) is 0. The molecule has 1 saturated heterocycles. The highest BCUT2D eigenvalue weighted by Gasteiger charge is 2.33. The zero-order valence-electron chi connectivity index (χ0n) is 24.2. The van der Waals surface area contributed by atoms with Crippen molar-refractivity contribution in [2.24, 2.45) is 0 Å². The minimum absolute atomic E-state index is 0.0297. The number of amides is 1. The van der Waals surface area contributed by atoms with E-state index in [1.807, 2.05) is 53.4 Å². The second-order valence-electron chi connectivity index (χ2n) is 10.7. The smallest absolute Gasteiger partial charge is 0.244 e. The lowest BCUT2D eigenvalue weighted by atomic mass is 10.00. The number of hydrogen-bond acceptors (Lipinski definition) is 7. The van der Waals surface area contributed by atoms with Crippen molar-refractivity contribution in [3.63, 3.8) is 0 Å². The summed E-state index contributed by atoms with van der Waals surface area (Å²) in [5.74, 6) is -1.13. The normalized spacial score (nSPS) is 15.1. The highest BCUT2D eigenvalue weighted by molar-refractivity contribution is 7.89. The maximum absolute atomic E-state index is 14.4. The Morgan fingerprint density at radius 3 is 2.24 bits per heavy atom. The molecule has 1 amide bonds. The van der Waals surface area contributed by atoms with Crippen LogP contribution in [0.4, 0.5) is 0 Å². The maximum atomic E-state index is 14.4. The van der Waals surface area contributed by atoms with E-state index in [0.717, 1.165) is 48.6 Å². The molecule has 1 aliphatic rings. The molecular formula is C31H40N4O4S2. The Morgan fingerprint density at radius 2 is 1.61 bits per heavy atom. The number of nitrogens with zero attached hydrogens (tertiary/aromatic N) is 4. The first kappa shape index (κ1) is 31.0. The van der Waals surface area contributed by atoms with Gasteiger partial charge in [-0.15, -0.1) is 11.3 Å². The van der Waals surface area contributed by atoms with E-state index in [0.29, 0.717) is 16.4 Å². The number of aromatic nitrogens is 1. The second kappa shape index (κ2) is 14.3. The fraction of sp³-hybridized carbons (Fsp3) is 0.452. The van der Waals surface area contributed by atoms with E-state index in [9.17, 15) is 18.0 Å². The summed E-state index contributed by atoms with van der Waals surface area (Å²) in [6.45, 7) is 4.33. The van der Waals surface area contributed by atoms with Gasteiger partial charge in [-0.25, -0.2) is 17.7 Å². The summed E-state index contributed by atoms with van der Waals surface area (Å²) < 4.78 is 25.7. The average molecular weight is 597 g/mol. The first-order chi connectivity index (χ1) is 19.7. The number of sulfonamides is 1. The molecule has 2 heterocycles. The summed E-state index contributed by atoms with van der Waals surface area (Å²) in [7, 11) is -0.886. The zero-order valence-corrected chi connectivity index (χ0v) is 25.8. The molecule has 1 aliphatic heterocycles. The third-order valence-corrected chi connectivity index (χ3v) is 10.1. The van der Waals surface area contributed by atoms with Crippen LogP contribution in [-0.2, 0) is 27.8 Å². The molecule has 0 saturated carbocycles. The van der Waals surface area contributed by atoms with Crippen LogP contribution in [0.25, 0.3) is 0 Å². The van der Waals surface area contributed by atoms with Gasteiger partial charge in [0.25, 0.3) is 0 Å². The largest absolute Gasteiger partial charge is 0.334 e. The summed E-state index contributed by atoms with van der Waals surface area (Å²) in [5, 5.41) is 0.631. The number of thiazole rings is 1. The number of piperidine rings is 1. The van der Waals surface area contributed by atoms with Gasteiger partial charge in [-0.2, -0.15) is 0 Å². The van der Waals surface area contributed by atoms with Gasteiger partial charge in [-0.3, -0.25) is 14.5 Å². The lowest BCUT2D eigenvalue weighted by molar-refractivity contribution is -0.138. The van der Waals surface area contributed by atoms with Crippen molar-refractivity contribution in [2.45, 2.75) is 51.6 Å². The number of aryl methyl sites for hydroxylation is 2. The first-order valence-electron chi connectivity index (χ1n) is 14.2. The molecule has 1 atom stereocenters. The first-order valence-corrected chi connectivity index (χ1v) is 16.6. The maximum Gasteiger partial charge on any atom is 0.244 e. The van der Waals surface area contributed by atoms with Crippen LogP contribution >= 0.6 is 11.3 Å². The van der Waals surface area contributed by atoms with Gasteiger partial charge in [0.15, 0.2) is 5.78 Å². The summed E-state index contributed by atoms with van der Waals surface area (Å²) in [4.78, 5) is 36.7. The van der Waals surface area contributed by atoms with Crippen molar-refractivity contribution in [3.05, 3.63) is 87.4 Å². The highest BCUT2D eigenvalue weighted by Crippen LogP contribution is 2.29. The van der Waals surface area contributed by atoms with Crippen LogP contribution in [0.3, 0.4) is 0 Å². The van der Waals surface area contributed by atoms with Gasteiger partial charge in [-0.05, 0) is 56.8 Å². The monoisotopic (exact) mass is 596 g/mol. The van der Waals surface area contributed by atoms with Gasteiger partial charge in [-0.1, -0.05) is 67.1 Å². The summed E-state index contributed by atoms with van der Waals surface area (Å²) >= 11 is 1.35. The number of carbonyl (C=O) groups is 2. The van der Waals surface area contributed by atoms with E-state index in [-0.39, 0.29) is 24.2 Å². The summed E-state index contributed by atoms with van der Waals surface area (Å²) in [6.07, 6.45) is 4.93. The van der Waals surface area contributed by atoms with Gasteiger partial charge in [0.05, 0.1) is 6.54 Å². The van der Waals surface area contributed by atoms with Gasteiger partial charge >= 0.3 is 0 Å². The Labute approximate surface area is 248 Å². The number of Topliss-reactive ketones (excluding diaryl/α,β-unsaturated/α-hetero) is 1. The van der Waals surface area contributed by atoms with Crippen LogP contribution in [0.2, 0.25) is 0 Å². The molecule has 220 valence electrons. The van der Waals surface area contributed by atoms with Crippen molar-refractivity contribution >= 4 is 33.1 Å². The lowest BCUT2D eigenvalue weighted by Crippen LogP contribution is -2.45. The molecule has 0 N–H and O–H groups in total. The third-order valence-electron chi connectivity index (χ3n) is 7.45. The highest BCUT2D eigenvalue weighted by atomic mass is 32.2. The Hall–Kier alpha value is -2.92. The Kier molecular flexibility index (Phi) is 10.8. The van der Waals surface area contributed by atoms with Gasteiger partial charge < -0.3 is 4.90 Å². The van der Waals surface area contributed by atoms with E-state index in [2.05, 4.69) is 22.0 Å². The average Bonchev–Trinajstić information content (AvgIpc) is 3.34. The van der Waals surface area contributed by atoms with Crippen LogP contribution < -0.4 is 0 Å². The van der Waals surface area contributed by atoms with Gasteiger partial charge in [0.1, 0.15) is 22.5 Å². The van der Waals surface area contributed by atoms with Crippen LogP contribution in [0.1, 0.15) is 63.2 Å². The van der Waals surface area contributed by atoms with Crippen molar-refractivity contribution in [2.75, 3.05) is 39.5 Å². The quantitative estimate of drug-likeness (QED) is 0.266. The molecule has 2 aromatic carbocycles. The Morgan fingerprint density at radius 1 is 0.976 bits per heavy atom. The van der Waals surface area contributed by atoms with E-state index in [1.54, 1.807) is 6.92 Å². The predicted octanol–water partition coefficient (Wildman–Crippen LogP) is 4.71. The minimum atomic E-state index is -3.70. The number of ketones is 1.